The number of rotatable bonds is 14. The molecule has 0 aliphatic rings. The van der Waals surface area contributed by atoms with Crippen molar-refractivity contribution in [1.82, 2.24) is 10.6 Å². The van der Waals surface area contributed by atoms with E-state index >= 15 is 0 Å². The predicted molar refractivity (Wildman–Crippen MR) is 126 cm³/mol. The fourth-order valence-electron chi connectivity index (χ4n) is 2.57. The number of hydrogen-bond acceptors (Lipinski definition) is 4. The van der Waals surface area contributed by atoms with Crippen molar-refractivity contribution in [2.75, 3.05) is 11.5 Å². The van der Waals surface area contributed by atoms with Gasteiger partial charge in [-0.15, -0.1) is 0 Å². The molecule has 0 saturated heterocycles. The second kappa shape index (κ2) is 15.8. The van der Waals surface area contributed by atoms with Crippen LogP contribution in [0.2, 0.25) is 0 Å². The van der Waals surface area contributed by atoms with Crippen molar-refractivity contribution < 1.29 is 19.5 Å². The molecule has 0 heterocycles. The van der Waals surface area contributed by atoms with Crippen molar-refractivity contribution in [3.05, 3.63) is 34.9 Å². The summed E-state index contributed by atoms with van der Waals surface area (Å²) in [6.07, 6.45) is 10.8. The standard InChI is InChI=1S/C23H38N2O4S/c1-16(2)9-7-10-17(3)11-8-12-18(4)13-14-30-15-21(23(28)29)25-22(27)19(5)24-20(6)26/h9,11,13,19,21H,7-8,10,12,14-15H2,1-6H3,(H,24,26)(H,25,27)(H,28,29)/b17-11+,18-13+/t19?,21-/m0/s1. The SMILES string of the molecule is CC(=O)NC(C)C(=O)N[C@@H](CSC/C=C(\C)CC/C=C(\C)CCC=C(C)C)C(=O)O. The van der Waals surface area contributed by atoms with Crippen LogP contribution in [0.25, 0.3) is 0 Å². The van der Waals surface area contributed by atoms with Gasteiger partial charge < -0.3 is 15.7 Å². The zero-order valence-corrected chi connectivity index (χ0v) is 20.0. The van der Waals surface area contributed by atoms with Crippen LogP contribution in [-0.4, -0.2) is 46.5 Å². The first kappa shape index (κ1) is 28.0. The average Bonchev–Trinajstić information content (AvgIpc) is 2.62. The zero-order valence-electron chi connectivity index (χ0n) is 19.2. The second-order valence-corrected chi connectivity index (χ2v) is 8.89. The summed E-state index contributed by atoms with van der Waals surface area (Å²) in [5.41, 5.74) is 4.03. The highest BCUT2D eigenvalue weighted by molar-refractivity contribution is 7.99. The van der Waals surface area contributed by atoms with Crippen LogP contribution in [0.1, 0.15) is 67.2 Å². The van der Waals surface area contributed by atoms with Crippen molar-refractivity contribution in [1.29, 1.82) is 0 Å². The number of allylic oxidation sites excluding steroid dienone is 5. The maximum absolute atomic E-state index is 12.0. The zero-order chi connectivity index (χ0) is 23.1. The highest BCUT2D eigenvalue weighted by Gasteiger charge is 2.23. The summed E-state index contributed by atoms with van der Waals surface area (Å²) in [6.45, 7) is 11.3. The van der Waals surface area contributed by atoms with Crippen molar-refractivity contribution >= 4 is 29.5 Å². The molecule has 0 radical (unpaired) electrons. The summed E-state index contributed by atoms with van der Waals surface area (Å²) in [5, 5.41) is 14.2. The van der Waals surface area contributed by atoms with Gasteiger partial charge in [-0.05, 0) is 60.3 Å². The molecule has 0 spiro atoms. The Morgan fingerprint density at radius 3 is 2.00 bits per heavy atom. The summed E-state index contributed by atoms with van der Waals surface area (Å²) < 4.78 is 0. The number of carbonyl (C=O) groups is 3. The molecular weight excluding hydrogens is 400 g/mol. The Balaban J connectivity index is 4.31. The number of carbonyl (C=O) groups excluding carboxylic acids is 2. The molecule has 0 rings (SSSR count). The first-order valence-corrected chi connectivity index (χ1v) is 11.5. The van der Waals surface area contributed by atoms with E-state index < -0.39 is 24.0 Å². The van der Waals surface area contributed by atoms with Gasteiger partial charge >= 0.3 is 5.97 Å². The van der Waals surface area contributed by atoms with Gasteiger partial charge in [0.25, 0.3) is 0 Å². The lowest BCUT2D eigenvalue weighted by atomic mass is 10.1. The molecule has 0 aromatic rings. The Hall–Kier alpha value is -2.02. The molecule has 0 aromatic heterocycles. The third kappa shape index (κ3) is 14.9. The van der Waals surface area contributed by atoms with Gasteiger partial charge in [-0.1, -0.05) is 34.9 Å². The van der Waals surface area contributed by atoms with E-state index in [4.69, 9.17) is 0 Å². The van der Waals surface area contributed by atoms with Crippen LogP contribution < -0.4 is 10.6 Å². The van der Waals surface area contributed by atoms with Gasteiger partial charge in [-0.3, -0.25) is 9.59 Å². The Labute approximate surface area is 185 Å². The number of hydrogen-bond donors (Lipinski definition) is 3. The normalized spacial score (nSPS) is 13.9. The number of carboxylic acids is 1. The van der Waals surface area contributed by atoms with Crippen LogP contribution in [0.4, 0.5) is 0 Å². The molecule has 0 saturated carbocycles. The highest BCUT2D eigenvalue weighted by Crippen LogP contribution is 2.13. The van der Waals surface area contributed by atoms with E-state index in [9.17, 15) is 19.5 Å². The first-order valence-electron chi connectivity index (χ1n) is 10.4. The van der Waals surface area contributed by atoms with Crippen molar-refractivity contribution in [2.45, 2.75) is 79.3 Å². The fraction of sp³-hybridized carbons (Fsp3) is 0.609. The average molecular weight is 439 g/mol. The number of carboxylic acid groups (broad SMARTS) is 1. The number of nitrogens with one attached hydrogen (secondary N) is 2. The molecule has 2 atom stereocenters. The van der Waals surface area contributed by atoms with E-state index in [1.165, 1.54) is 42.3 Å². The third-order valence-electron chi connectivity index (χ3n) is 4.38. The van der Waals surface area contributed by atoms with Crippen molar-refractivity contribution in [3.8, 4) is 0 Å². The monoisotopic (exact) mass is 438 g/mol. The summed E-state index contributed by atoms with van der Waals surface area (Å²) in [6, 6.07) is -1.76. The molecule has 0 aromatic carbocycles. The molecule has 170 valence electrons. The topological polar surface area (TPSA) is 95.5 Å². The van der Waals surface area contributed by atoms with Crippen LogP contribution in [0.3, 0.4) is 0 Å². The number of thioether (sulfide) groups is 1. The van der Waals surface area contributed by atoms with E-state index in [2.05, 4.69) is 56.6 Å². The number of aliphatic carboxylic acids is 1. The fourth-order valence-corrected chi connectivity index (χ4v) is 3.57. The lowest BCUT2D eigenvalue weighted by Gasteiger charge is -2.17. The molecule has 0 fully saturated rings. The molecule has 1 unspecified atom stereocenters. The summed E-state index contributed by atoms with van der Waals surface area (Å²) in [7, 11) is 0. The van der Waals surface area contributed by atoms with Crippen LogP contribution in [0.5, 0.6) is 0 Å². The first-order chi connectivity index (χ1) is 14.0. The lowest BCUT2D eigenvalue weighted by Crippen LogP contribution is -2.50. The van der Waals surface area contributed by atoms with E-state index in [-0.39, 0.29) is 11.7 Å². The van der Waals surface area contributed by atoms with Crippen molar-refractivity contribution in [2.24, 2.45) is 0 Å². The van der Waals surface area contributed by atoms with Crippen LogP contribution in [0.15, 0.2) is 34.9 Å². The molecular formula is C23H38N2O4S. The van der Waals surface area contributed by atoms with Crippen LogP contribution in [-0.2, 0) is 14.4 Å². The van der Waals surface area contributed by atoms with Gasteiger partial charge in [0.1, 0.15) is 12.1 Å². The molecule has 0 aliphatic carbocycles. The molecule has 0 bridgehead atoms. The van der Waals surface area contributed by atoms with Crippen molar-refractivity contribution in [3.63, 3.8) is 0 Å². The Morgan fingerprint density at radius 2 is 1.47 bits per heavy atom. The maximum atomic E-state index is 12.0. The highest BCUT2D eigenvalue weighted by atomic mass is 32.2. The Morgan fingerprint density at radius 1 is 0.900 bits per heavy atom. The van der Waals surface area contributed by atoms with Crippen LogP contribution >= 0.6 is 11.8 Å². The van der Waals surface area contributed by atoms with E-state index in [0.29, 0.717) is 5.75 Å². The molecule has 0 aliphatic heterocycles. The molecule has 30 heavy (non-hydrogen) atoms. The van der Waals surface area contributed by atoms with Gasteiger partial charge in [0.05, 0.1) is 0 Å². The Bertz CT molecular complexity index is 664. The van der Waals surface area contributed by atoms with Gasteiger partial charge in [-0.2, -0.15) is 11.8 Å². The molecule has 6 nitrogen and oxygen atoms in total. The van der Waals surface area contributed by atoms with Gasteiger partial charge in [0.2, 0.25) is 11.8 Å². The minimum absolute atomic E-state index is 0.265. The largest absolute Gasteiger partial charge is 0.480 e. The third-order valence-corrected chi connectivity index (χ3v) is 5.36. The van der Waals surface area contributed by atoms with E-state index in [1.54, 1.807) is 0 Å². The smallest absolute Gasteiger partial charge is 0.327 e. The summed E-state index contributed by atoms with van der Waals surface area (Å²) in [5.74, 6) is -0.966. The predicted octanol–water partition coefficient (Wildman–Crippen LogP) is 4.23. The maximum Gasteiger partial charge on any atom is 0.327 e. The van der Waals surface area contributed by atoms with Crippen LogP contribution in [0, 0.1) is 0 Å². The Kier molecular flexibility index (Phi) is 14.7. The van der Waals surface area contributed by atoms with Gasteiger partial charge in [0, 0.05) is 18.4 Å². The minimum atomic E-state index is -1.08. The lowest BCUT2D eigenvalue weighted by molar-refractivity contribution is -0.141. The quantitative estimate of drug-likeness (QED) is 0.279. The van der Waals surface area contributed by atoms with E-state index in [1.807, 2.05) is 0 Å². The number of amides is 2. The summed E-state index contributed by atoms with van der Waals surface area (Å²) >= 11 is 1.46. The van der Waals surface area contributed by atoms with E-state index in [0.717, 1.165) is 25.7 Å². The minimum Gasteiger partial charge on any atom is -0.480 e. The molecule has 3 N–H and O–H groups in total. The van der Waals surface area contributed by atoms with Gasteiger partial charge in [0.15, 0.2) is 0 Å². The second-order valence-electron chi connectivity index (χ2n) is 7.82. The van der Waals surface area contributed by atoms with Gasteiger partial charge in [-0.25, -0.2) is 4.79 Å². The summed E-state index contributed by atoms with van der Waals surface area (Å²) in [4.78, 5) is 34.4. The molecule has 7 heteroatoms. The molecule has 2 amide bonds.